The van der Waals surface area contributed by atoms with E-state index in [0.29, 0.717) is 29.7 Å². The molecule has 1 N–H and O–H groups in total. The Kier molecular flexibility index (Phi) is 8.79. The zero-order valence-electron chi connectivity index (χ0n) is 23.3. The van der Waals surface area contributed by atoms with Crippen LogP contribution in [0.4, 0.5) is 17.3 Å². The van der Waals surface area contributed by atoms with Crippen LogP contribution in [0, 0.1) is 0 Å². The molecule has 1 aliphatic heterocycles. The van der Waals surface area contributed by atoms with Crippen LogP contribution in [-0.4, -0.2) is 60.5 Å². The Balaban J connectivity index is 1.34. The predicted octanol–water partition coefficient (Wildman–Crippen LogP) is 7.05. The maximum Gasteiger partial charge on any atom is 0.237 e. The van der Waals surface area contributed by atoms with Crippen molar-refractivity contribution in [3.8, 4) is 11.6 Å². The fraction of sp³-hybridized carbons (Fsp3) is 0.400. The summed E-state index contributed by atoms with van der Waals surface area (Å²) in [7, 11) is 6.04. The van der Waals surface area contributed by atoms with Gasteiger partial charge in [-0.25, -0.2) is 4.98 Å². The van der Waals surface area contributed by atoms with Gasteiger partial charge < -0.3 is 24.6 Å². The van der Waals surface area contributed by atoms with Gasteiger partial charge in [-0.2, -0.15) is 4.98 Å². The number of aromatic nitrogens is 2. The summed E-state index contributed by atoms with van der Waals surface area (Å²) in [6, 6.07) is 17.3. The number of fused-ring (bicyclic) bond motifs is 1. The van der Waals surface area contributed by atoms with E-state index < -0.39 is 0 Å². The summed E-state index contributed by atoms with van der Waals surface area (Å²) < 4.78 is 13.0. The van der Waals surface area contributed by atoms with Crippen molar-refractivity contribution in [3.63, 3.8) is 0 Å². The van der Waals surface area contributed by atoms with E-state index in [1.165, 1.54) is 10.6 Å². The highest BCUT2D eigenvalue weighted by Crippen LogP contribution is 2.35. The lowest BCUT2D eigenvalue weighted by atomic mass is 10.0. The van der Waals surface area contributed by atoms with Gasteiger partial charge in [0.2, 0.25) is 11.8 Å². The van der Waals surface area contributed by atoms with Gasteiger partial charge in [-0.1, -0.05) is 32.0 Å². The minimum absolute atomic E-state index is 0.446. The molecule has 1 saturated heterocycles. The van der Waals surface area contributed by atoms with E-state index in [4.69, 9.17) is 19.4 Å². The number of thiophene rings is 1. The van der Waals surface area contributed by atoms with Crippen LogP contribution in [0.5, 0.6) is 11.6 Å². The van der Waals surface area contributed by atoms with E-state index in [1.807, 2.05) is 29.3 Å². The maximum atomic E-state index is 6.31. The van der Waals surface area contributed by atoms with Crippen molar-refractivity contribution >= 4 is 50.6 Å². The molecule has 0 atom stereocenters. The molecule has 1 fully saturated rings. The van der Waals surface area contributed by atoms with E-state index >= 15 is 0 Å². The molecule has 7 nitrogen and oxygen atoms in total. The van der Waals surface area contributed by atoms with Crippen LogP contribution in [0.1, 0.15) is 32.3 Å². The van der Waals surface area contributed by atoms with Crippen LogP contribution < -0.4 is 19.7 Å². The number of ether oxygens (including phenoxy) is 2. The Labute approximate surface area is 239 Å². The molecule has 39 heavy (non-hydrogen) atoms. The summed E-state index contributed by atoms with van der Waals surface area (Å²) >= 11 is 3.44. The summed E-state index contributed by atoms with van der Waals surface area (Å²) in [4.78, 5) is 15.5. The molecule has 2 aromatic heterocycles. The van der Waals surface area contributed by atoms with E-state index in [-0.39, 0.29) is 0 Å². The SMILES string of the molecule is COc1cc(N2CCC(N(C)C)CC2)ccc1Nc1nc(OCc2ccccc2SC(C)C)c2sccc2n1. The van der Waals surface area contributed by atoms with Gasteiger partial charge in [0.15, 0.2) is 0 Å². The van der Waals surface area contributed by atoms with Crippen LogP contribution in [0.15, 0.2) is 58.8 Å². The molecular weight excluding hydrogens is 526 g/mol. The Bertz CT molecular complexity index is 1400. The summed E-state index contributed by atoms with van der Waals surface area (Å²) in [5.41, 5.74) is 4.01. The van der Waals surface area contributed by atoms with Crippen molar-refractivity contribution in [2.24, 2.45) is 0 Å². The Morgan fingerprint density at radius 1 is 1.10 bits per heavy atom. The van der Waals surface area contributed by atoms with Crippen molar-refractivity contribution in [2.75, 3.05) is 44.5 Å². The number of rotatable bonds is 10. The third-order valence-electron chi connectivity index (χ3n) is 6.96. The van der Waals surface area contributed by atoms with E-state index in [0.717, 1.165) is 53.1 Å². The number of methoxy groups -OCH3 is 1. The molecule has 5 rings (SSSR count). The molecule has 0 amide bonds. The molecule has 206 valence electrons. The summed E-state index contributed by atoms with van der Waals surface area (Å²) in [5.74, 6) is 1.83. The normalized spacial score (nSPS) is 14.4. The molecule has 0 spiro atoms. The lowest BCUT2D eigenvalue weighted by Crippen LogP contribution is -2.41. The van der Waals surface area contributed by atoms with Gasteiger partial charge in [0.1, 0.15) is 17.1 Å². The fourth-order valence-electron chi connectivity index (χ4n) is 4.87. The van der Waals surface area contributed by atoms with Gasteiger partial charge in [-0.05, 0) is 56.6 Å². The topological polar surface area (TPSA) is 62.8 Å². The zero-order chi connectivity index (χ0) is 27.4. The average molecular weight is 564 g/mol. The maximum absolute atomic E-state index is 6.31. The van der Waals surface area contributed by atoms with E-state index in [1.54, 1.807) is 18.4 Å². The molecular formula is C30H37N5O2S2. The van der Waals surface area contributed by atoms with Crippen LogP contribution in [0.2, 0.25) is 0 Å². The standard InChI is InChI=1S/C30H37N5O2S2/c1-20(2)39-27-9-7-6-8-21(27)19-37-29-28-25(14-17-38-28)32-30(33-29)31-24-11-10-23(18-26(24)36-5)35-15-12-22(13-16-35)34(3)4/h6-11,14,17-18,20,22H,12-13,15-16,19H2,1-5H3,(H,31,32,33). The Hall–Kier alpha value is -3.01. The number of hydrogen-bond donors (Lipinski definition) is 1. The highest BCUT2D eigenvalue weighted by atomic mass is 32.2. The summed E-state index contributed by atoms with van der Waals surface area (Å²) in [6.45, 7) is 6.93. The van der Waals surface area contributed by atoms with Crippen LogP contribution in [0.3, 0.4) is 0 Å². The number of benzene rings is 2. The summed E-state index contributed by atoms with van der Waals surface area (Å²) in [6.07, 6.45) is 2.32. The van der Waals surface area contributed by atoms with Crippen LogP contribution in [-0.2, 0) is 6.61 Å². The van der Waals surface area contributed by atoms with Crippen molar-refractivity contribution in [3.05, 3.63) is 59.5 Å². The molecule has 4 aromatic rings. The first kappa shape index (κ1) is 27.6. The highest BCUT2D eigenvalue weighted by Gasteiger charge is 2.22. The first-order valence-electron chi connectivity index (χ1n) is 13.4. The lowest BCUT2D eigenvalue weighted by Gasteiger charge is -2.36. The third kappa shape index (κ3) is 6.59. The monoisotopic (exact) mass is 563 g/mol. The number of thioether (sulfide) groups is 1. The molecule has 0 bridgehead atoms. The largest absolute Gasteiger partial charge is 0.494 e. The third-order valence-corrected chi connectivity index (χ3v) is 8.98. The zero-order valence-corrected chi connectivity index (χ0v) is 24.9. The summed E-state index contributed by atoms with van der Waals surface area (Å²) in [5, 5.41) is 5.90. The van der Waals surface area contributed by atoms with Gasteiger partial charge in [0.25, 0.3) is 0 Å². The Morgan fingerprint density at radius 3 is 2.64 bits per heavy atom. The molecule has 0 radical (unpaired) electrons. The van der Waals surface area contributed by atoms with Crippen molar-refractivity contribution < 1.29 is 9.47 Å². The van der Waals surface area contributed by atoms with Crippen molar-refractivity contribution in [2.45, 2.75) is 49.5 Å². The second-order valence-corrected chi connectivity index (χ2v) is 12.8. The lowest BCUT2D eigenvalue weighted by molar-refractivity contribution is 0.249. The Morgan fingerprint density at radius 2 is 1.90 bits per heavy atom. The van der Waals surface area contributed by atoms with Crippen molar-refractivity contribution in [1.82, 2.24) is 14.9 Å². The second kappa shape index (κ2) is 12.4. The number of piperidine rings is 1. The van der Waals surface area contributed by atoms with E-state index in [2.05, 4.69) is 79.5 Å². The number of anilines is 3. The van der Waals surface area contributed by atoms with Gasteiger partial charge in [0.05, 0.1) is 18.3 Å². The molecule has 9 heteroatoms. The molecule has 0 aliphatic carbocycles. The minimum atomic E-state index is 0.446. The average Bonchev–Trinajstić information content (AvgIpc) is 3.41. The van der Waals surface area contributed by atoms with Gasteiger partial charge in [-0.15, -0.1) is 23.1 Å². The van der Waals surface area contributed by atoms with Gasteiger partial charge in [0, 0.05) is 46.6 Å². The quantitative estimate of drug-likeness (QED) is 0.206. The molecule has 1 aliphatic rings. The second-order valence-electron chi connectivity index (χ2n) is 10.2. The first-order valence-corrected chi connectivity index (χ1v) is 15.2. The molecule has 0 unspecified atom stereocenters. The molecule has 2 aromatic carbocycles. The molecule has 3 heterocycles. The molecule has 0 saturated carbocycles. The number of hydrogen-bond acceptors (Lipinski definition) is 9. The van der Waals surface area contributed by atoms with E-state index in [9.17, 15) is 0 Å². The van der Waals surface area contributed by atoms with Crippen molar-refractivity contribution in [1.29, 1.82) is 0 Å². The fourth-order valence-corrected chi connectivity index (χ4v) is 6.59. The van der Waals surface area contributed by atoms with Gasteiger partial charge >= 0.3 is 0 Å². The first-order chi connectivity index (χ1) is 18.9. The highest BCUT2D eigenvalue weighted by molar-refractivity contribution is 8.00. The predicted molar refractivity (Wildman–Crippen MR) is 164 cm³/mol. The van der Waals surface area contributed by atoms with Crippen LogP contribution in [0.25, 0.3) is 10.2 Å². The number of nitrogens with one attached hydrogen (secondary N) is 1. The van der Waals surface area contributed by atoms with Gasteiger partial charge in [-0.3, -0.25) is 0 Å². The van der Waals surface area contributed by atoms with Crippen LogP contribution >= 0.6 is 23.1 Å². The minimum Gasteiger partial charge on any atom is -0.494 e. The smallest absolute Gasteiger partial charge is 0.237 e. The number of nitrogens with zero attached hydrogens (tertiary/aromatic N) is 4.